The third-order valence-electron chi connectivity index (χ3n) is 2.19. The van der Waals surface area contributed by atoms with Crippen molar-refractivity contribution in [1.29, 1.82) is 0 Å². The molecule has 120 valence electrons. The quantitative estimate of drug-likeness (QED) is 0.178. The number of ether oxygens (including phenoxy) is 1. The predicted molar refractivity (Wildman–Crippen MR) is 55.7 cm³/mol. The van der Waals surface area contributed by atoms with Crippen LogP contribution in [0.25, 0.3) is 0 Å². The van der Waals surface area contributed by atoms with Gasteiger partial charge in [0.1, 0.15) is 26.1 Å². The second-order valence-electron chi connectivity index (χ2n) is 3.62. The molecular weight excluding hydrogens is 310 g/mol. The molecule has 21 heavy (non-hydrogen) atoms. The van der Waals surface area contributed by atoms with Gasteiger partial charge in [0.15, 0.2) is 0 Å². The van der Waals surface area contributed by atoms with Gasteiger partial charge in [-0.3, -0.25) is 40.5 Å². The lowest BCUT2D eigenvalue weighted by Crippen LogP contribution is -2.46. The number of alkyl halides is 2. The van der Waals surface area contributed by atoms with Crippen molar-refractivity contribution < 1.29 is 33.2 Å². The Labute approximate surface area is 113 Å². The maximum Gasteiger partial charge on any atom is 0.637 e. The Kier molecular flexibility index (Phi) is 5.90. The van der Waals surface area contributed by atoms with Crippen molar-refractivity contribution >= 4 is 0 Å². The minimum absolute atomic E-state index is 0.691. The average molecular weight is 318 g/mol. The van der Waals surface area contributed by atoms with Gasteiger partial charge >= 0.3 is 11.8 Å². The summed E-state index contributed by atoms with van der Waals surface area (Å²) in [5.74, 6) is -8.11. The van der Waals surface area contributed by atoms with Crippen LogP contribution in [0.5, 0.6) is 0 Å². The van der Waals surface area contributed by atoms with Crippen LogP contribution in [-0.2, 0) is 4.74 Å². The molecule has 0 bridgehead atoms. The lowest BCUT2D eigenvalue weighted by Gasteiger charge is -2.10. The zero-order chi connectivity index (χ0) is 16.8. The van der Waals surface area contributed by atoms with Gasteiger partial charge in [-0.1, -0.05) is 8.78 Å². The molecular formula is C6H8F2N4O9. The van der Waals surface area contributed by atoms with Crippen LogP contribution < -0.4 is 0 Å². The van der Waals surface area contributed by atoms with E-state index < -0.39 is 57.6 Å². The first-order valence-corrected chi connectivity index (χ1v) is 5.02. The van der Waals surface area contributed by atoms with E-state index in [1.807, 2.05) is 0 Å². The van der Waals surface area contributed by atoms with Gasteiger partial charge in [-0.2, -0.15) is 0 Å². The topological polar surface area (TPSA) is 182 Å². The molecule has 0 radical (unpaired) electrons. The van der Waals surface area contributed by atoms with Crippen LogP contribution in [0, 0.1) is 40.5 Å². The van der Waals surface area contributed by atoms with E-state index in [-0.39, 0.29) is 0 Å². The van der Waals surface area contributed by atoms with Crippen molar-refractivity contribution in [3.63, 3.8) is 0 Å². The highest BCUT2D eigenvalue weighted by Crippen LogP contribution is 2.20. The normalized spacial score (nSPS) is 11.9. The van der Waals surface area contributed by atoms with E-state index in [1.165, 1.54) is 0 Å². The molecule has 0 saturated heterocycles. The summed E-state index contributed by atoms with van der Waals surface area (Å²) < 4.78 is 30.6. The molecule has 0 aromatic heterocycles. The molecule has 0 amide bonds. The highest BCUT2D eigenvalue weighted by atomic mass is 19.2. The van der Waals surface area contributed by atoms with E-state index in [2.05, 4.69) is 4.74 Å². The lowest BCUT2D eigenvalue weighted by atomic mass is 10.2. The molecule has 0 aliphatic carbocycles. The van der Waals surface area contributed by atoms with Crippen molar-refractivity contribution in [3.8, 4) is 0 Å². The first-order chi connectivity index (χ1) is 9.48. The van der Waals surface area contributed by atoms with Crippen LogP contribution in [0.3, 0.4) is 0 Å². The van der Waals surface area contributed by atoms with Gasteiger partial charge < -0.3 is 4.74 Å². The van der Waals surface area contributed by atoms with Crippen LogP contribution in [-0.4, -0.2) is 44.7 Å². The molecule has 0 rings (SSSR count). The molecule has 13 nitrogen and oxygen atoms in total. The van der Waals surface area contributed by atoms with Crippen LogP contribution in [0.1, 0.15) is 12.8 Å². The Balaban J connectivity index is 4.41. The van der Waals surface area contributed by atoms with Gasteiger partial charge in [0.25, 0.3) is 0 Å². The zero-order valence-corrected chi connectivity index (χ0v) is 10.0. The van der Waals surface area contributed by atoms with E-state index in [4.69, 9.17) is 0 Å². The van der Waals surface area contributed by atoms with Crippen molar-refractivity contribution in [2.45, 2.75) is 24.7 Å². The fourth-order valence-corrected chi connectivity index (χ4v) is 1.02. The molecule has 0 heterocycles. The van der Waals surface area contributed by atoms with Gasteiger partial charge in [0, 0.05) is 6.61 Å². The van der Waals surface area contributed by atoms with Crippen molar-refractivity contribution in [2.75, 3.05) is 13.2 Å². The van der Waals surface area contributed by atoms with Crippen molar-refractivity contribution in [1.82, 2.24) is 0 Å². The summed E-state index contributed by atoms with van der Waals surface area (Å²) in [6, 6.07) is 0. The summed E-state index contributed by atoms with van der Waals surface area (Å²) in [5.41, 5.74) is 0. The van der Waals surface area contributed by atoms with Gasteiger partial charge in [0.05, 0.1) is 0 Å². The monoisotopic (exact) mass is 318 g/mol. The smallest absolute Gasteiger partial charge is 0.364 e. The molecule has 0 saturated carbocycles. The zero-order valence-electron chi connectivity index (χ0n) is 10.0. The minimum atomic E-state index is -4.13. The molecule has 0 atom stereocenters. The standard InChI is InChI=1S/C6H8F2N4O9/c7-5(9(13)14,10(15)16)2-1-3-21-4-6(8,11(17)18)12(19)20/h1-4H2. The Hall–Kier alpha value is -2.58. The highest BCUT2D eigenvalue weighted by molar-refractivity contribution is 4.54. The average Bonchev–Trinajstić information content (AvgIpc) is 2.36. The first-order valence-electron chi connectivity index (χ1n) is 5.02. The predicted octanol–water partition coefficient (Wildman–Crippen LogP) is 0.137. The van der Waals surface area contributed by atoms with Gasteiger partial charge in [0.2, 0.25) is 6.61 Å². The van der Waals surface area contributed by atoms with E-state index in [1.54, 1.807) is 0 Å². The van der Waals surface area contributed by atoms with Crippen LogP contribution in [0.15, 0.2) is 0 Å². The van der Waals surface area contributed by atoms with Crippen molar-refractivity contribution in [3.05, 3.63) is 40.5 Å². The van der Waals surface area contributed by atoms with E-state index >= 15 is 0 Å². The van der Waals surface area contributed by atoms with Gasteiger partial charge in [-0.15, -0.1) is 0 Å². The number of rotatable bonds is 10. The second-order valence-corrected chi connectivity index (χ2v) is 3.62. The largest absolute Gasteiger partial charge is 0.637 e. The Bertz CT molecular complexity index is 390. The summed E-state index contributed by atoms with van der Waals surface area (Å²) in [7, 11) is 0. The summed E-state index contributed by atoms with van der Waals surface area (Å²) in [4.78, 5) is 33.3. The van der Waals surface area contributed by atoms with E-state index in [0.717, 1.165) is 0 Å². The van der Waals surface area contributed by atoms with Crippen molar-refractivity contribution in [2.24, 2.45) is 0 Å². The molecule has 0 N–H and O–H groups in total. The maximum absolute atomic E-state index is 13.2. The molecule has 0 aliphatic heterocycles. The molecule has 0 aromatic rings. The summed E-state index contributed by atoms with van der Waals surface area (Å²) >= 11 is 0. The Morgan fingerprint density at radius 2 is 1.19 bits per heavy atom. The third kappa shape index (κ3) is 4.20. The van der Waals surface area contributed by atoms with Gasteiger partial charge in [-0.05, 0) is 6.42 Å². The number of halogens is 2. The van der Waals surface area contributed by atoms with Crippen LogP contribution in [0.2, 0.25) is 0 Å². The third-order valence-corrected chi connectivity index (χ3v) is 2.19. The molecule has 0 aliphatic rings. The summed E-state index contributed by atoms with van der Waals surface area (Å²) in [6.45, 7) is -2.43. The summed E-state index contributed by atoms with van der Waals surface area (Å²) in [5, 5.41) is 40.6. The molecule has 0 aromatic carbocycles. The highest BCUT2D eigenvalue weighted by Gasteiger charge is 2.59. The van der Waals surface area contributed by atoms with E-state index in [0.29, 0.717) is 0 Å². The minimum Gasteiger partial charge on any atom is -0.364 e. The molecule has 0 unspecified atom stereocenters. The fourth-order valence-electron chi connectivity index (χ4n) is 1.02. The maximum atomic E-state index is 13.2. The number of hydrogen-bond donors (Lipinski definition) is 0. The molecule has 0 spiro atoms. The van der Waals surface area contributed by atoms with Gasteiger partial charge in [-0.25, -0.2) is 0 Å². The van der Waals surface area contributed by atoms with Crippen LogP contribution in [0.4, 0.5) is 8.78 Å². The number of nitrogens with zero attached hydrogens (tertiary/aromatic N) is 4. The lowest BCUT2D eigenvalue weighted by molar-refractivity contribution is -0.833. The number of hydrogen-bond acceptors (Lipinski definition) is 9. The van der Waals surface area contributed by atoms with E-state index in [9.17, 15) is 49.2 Å². The number of nitro groups is 4. The second kappa shape index (κ2) is 6.73. The van der Waals surface area contributed by atoms with Crippen LogP contribution >= 0.6 is 0 Å². The fraction of sp³-hybridized carbons (Fsp3) is 1.00. The molecule has 0 fully saturated rings. The Morgan fingerprint density at radius 1 is 0.810 bits per heavy atom. The summed E-state index contributed by atoms with van der Waals surface area (Å²) in [6.07, 6.45) is -1.95. The Morgan fingerprint density at radius 3 is 1.52 bits per heavy atom. The first kappa shape index (κ1) is 18.4. The molecule has 15 heteroatoms. The SMILES string of the molecule is O=[N+]([O-])C(F)(CCCOCC(F)([N+](=O)[O-])[N+](=O)[O-])[N+](=O)[O-].